The number of hydrogen-bond donors (Lipinski definition) is 2. The summed E-state index contributed by atoms with van der Waals surface area (Å²) in [6, 6.07) is 0.317. The monoisotopic (exact) mass is 451 g/mol. The molecule has 2 atom stereocenters. The number of carbonyl (C=O) groups excluding carboxylic acids is 1. The van der Waals surface area contributed by atoms with Gasteiger partial charge in [-0.1, -0.05) is 6.92 Å². The molecule has 2 fully saturated rings. The molecule has 2 rings (SSSR count). The van der Waals surface area contributed by atoms with Gasteiger partial charge in [0.05, 0.1) is 0 Å². The molecule has 0 aromatic rings. The van der Waals surface area contributed by atoms with Crippen molar-refractivity contribution in [3.8, 4) is 0 Å². The van der Waals surface area contributed by atoms with E-state index >= 15 is 0 Å². The molecule has 7 heteroatoms. The van der Waals surface area contributed by atoms with E-state index in [2.05, 4.69) is 29.5 Å². The minimum atomic E-state index is 0. The number of nitrogens with one attached hydrogen (secondary N) is 2. The van der Waals surface area contributed by atoms with Crippen molar-refractivity contribution in [3.63, 3.8) is 0 Å². The van der Waals surface area contributed by atoms with E-state index in [1.807, 2.05) is 11.8 Å². The molecule has 2 heterocycles. The molecule has 0 saturated carbocycles. The topological polar surface area (TPSA) is 60.0 Å². The highest BCUT2D eigenvalue weighted by Crippen LogP contribution is 2.15. The Morgan fingerprint density at radius 3 is 2.67 bits per heavy atom. The molecule has 140 valence electrons. The van der Waals surface area contributed by atoms with Gasteiger partial charge in [0, 0.05) is 45.2 Å². The first kappa shape index (κ1) is 21.5. The zero-order valence-corrected chi connectivity index (χ0v) is 17.7. The number of amides is 1. The maximum absolute atomic E-state index is 11.8. The Bertz CT molecular complexity index is 418. The van der Waals surface area contributed by atoms with Gasteiger partial charge < -0.3 is 20.4 Å². The summed E-state index contributed by atoms with van der Waals surface area (Å²) in [6.07, 6.45) is 4.14. The largest absolute Gasteiger partial charge is 0.357 e. The quantitative estimate of drug-likeness (QED) is 0.378. The van der Waals surface area contributed by atoms with Crippen molar-refractivity contribution in [1.82, 2.24) is 20.4 Å². The lowest BCUT2D eigenvalue weighted by atomic mass is 9.99. The summed E-state index contributed by atoms with van der Waals surface area (Å²) in [4.78, 5) is 20.9. The molecule has 0 aliphatic carbocycles. The van der Waals surface area contributed by atoms with Crippen LogP contribution in [-0.2, 0) is 4.79 Å². The third-order valence-electron chi connectivity index (χ3n) is 4.76. The second-order valence-corrected chi connectivity index (χ2v) is 6.81. The molecule has 2 aliphatic heterocycles. The van der Waals surface area contributed by atoms with E-state index in [4.69, 9.17) is 4.99 Å². The van der Waals surface area contributed by atoms with Crippen molar-refractivity contribution in [1.29, 1.82) is 0 Å². The molecule has 6 nitrogen and oxygen atoms in total. The van der Waals surface area contributed by atoms with Crippen LogP contribution in [0.3, 0.4) is 0 Å². The van der Waals surface area contributed by atoms with Gasteiger partial charge >= 0.3 is 0 Å². The highest BCUT2D eigenvalue weighted by Gasteiger charge is 2.26. The Morgan fingerprint density at radius 1 is 1.21 bits per heavy atom. The Morgan fingerprint density at radius 2 is 2.00 bits per heavy atom. The molecule has 0 spiro atoms. The Kier molecular flexibility index (Phi) is 9.95. The van der Waals surface area contributed by atoms with E-state index in [0.29, 0.717) is 18.4 Å². The average molecular weight is 451 g/mol. The summed E-state index contributed by atoms with van der Waals surface area (Å²) in [7, 11) is 2.19. The van der Waals surface area contributed by atoms with Crippen molar-refractivity contribution >= 4 is 35.8 Å². The Hall–Kier alpha value is -0.570. The van der Waals surface area contributed by atoms with Gasteiger partial charge in [0.1, 0.15) is 0 Å². The minimum Gasteiger partial charge on any atom is -0.357 e. The number of piperidine rings is 1. The van der Waals surface area contributed by atoms with E-state index in [1.165, 1.54) is 19.4 Å². The van der Waals surface area contributed by atoms with Crippen LogP contribution in [0.15, 0.2) is 4.99 Å². The number of rotatable bonds is 5. The standard InChI is InChI=1S/C17H33N5O.HI/c1-4-16(23)22-10-8-15(13-22)20-17(18-5-2)19-11-14-7-6-9-21(3)12-14;/h14-15H,4-13H2,1-3H3,(H2,18,19,20);1H. The lowest BCUT2D eigenvalue weighted by molar-refractivity contribution is -0.129. The molecular weight excluding hydrogens is 417 g/mol. The van der Waals surface area contributed by atoms with Crippen LogP contribution in [-0.4, -0.2) is 74.0 Å². The molecule has 2 N–H and O–H groups in total. The van der Waals surface area contributed by atoms with E-state index in [1.54, 1.807) is 0 Å². The van der Waals surface area contributed by atoms with Crippen LogP contribution >= 0.6 is 24.0 Å². The summed E-state index contributed by atoms with van der Waals surface area (Å²) < 4.78 is 0. The number of halogens is 1. The zero-order chi connectivity index (χ0) is 16.7. The van der Waals surface area contributed by atoms with Gasteiger partial charge in [0.2, 0.25) is 5.91 Å². The third kappa shape index (κ3) is 6.74. The first-order chi connectivity index (χ1) is 11.1. The molecule has 0 aromatic carbocycles. The fraction of sp³-hybridized carbons (Fsp3) is 0.882. The van der Waals surface area contributed by atoms with Gasteiger partial charge in [-0.2, -0.15) is 0 Å². The normalized spacial score (nSPS) is 25.3. The van der Waals surface area contributed by atoms with Crippen LogP contribution in [0.25, 0.3) is 0 Å². The summed E-state index contributed by atoms with van der Waals surface area (Å²) in [5, 5.41) is 6.85. The maximum Gasteiger partial charge on any atom is 0.222 e. The highest BCUT2D eigenvalue weighted by atomic mass is 127. The lowest BCUT2D eigenvalue weighted by Gasteiger charge is -2.28. The van der Waals surface area contributed by atoms with Gasteiger partial charge in [-0.25, -0.2) is 0 Å². The summed E-state index contributed by atoms with van der Waals surface area (Å²) in [5.41, 5.74) is 0. The zero-order valence-electron chi connectivity index (χ0n) is 15.4. The minimum absolute atomic E-state index is 0. The smallest absolute Gasteiger partial charge is 0.222 e. The number of likely N-dealkylation sites (tertiary alicyclic amines) is 2. The van der Waals surface area contributed by atoms with Crippen molar-refractivity contribution in [2.24, 2.45) is 10.9 Å². The van der Waals surface area contributed by atoms with Crippen LogP contribution in [0.1, 0.15) is 39.5 Å². The average Bonchev–Trinajstić information content (AvgIpc) is 3.01. The van der Waals surface area contributed by atoms with Crippen LogP contribution in [0.2, 0.25) is 0 Å². The molecule has 0 radical (unpaired) electrons. The molecule has 24 heavy (non-hydrogen) atoms. The molecule has 2 aliphatic rings. The van der Waals surface area contributed by atoms with E-state index in [9.17, 15) is 4.79 Å². The second kappa shape index (κ2) is 11.1. The number of aliphatic imine (C=N–C) groups is 1. The molecule has 2 unspecified atom stereocenters. The fourth-order valence-corrected chi connectivity index (χ4v) is 3.48. The van der Waals surface area contributed by atoms with Gasteiger partial charge in [-0.15, -0.1) is 24.0 Å². The Balaban J connectivity index is 0.00000288. The predicted molar refractivity (Wildman–Crippen MR) is 110 cm³/mol. The number of carbonyl (C=O) groups is 1. The molecule has 0 bridgehead atoms. The third-order valence-corrected chi connectivity index (χ3v) is 4.76. The number of nitrogens with zero attached hydrogens (tertiary/aromatic N) is 3. The van der Waals surface area contributed by atoms with E-state index in [-0.39, 0.29) is 29.9 Å². The van der Waals surface area contributed by atoms with Gasteiger partial charge in [0.25, 0.3) is 0 Å². The van der Waals surface area contributed by atoms with Crippen LogP contribution in [0.5, 0.6) is 0 Å². The molecule has 2 saturated heterocycles. The first-order valence-electron chi connectivity index (χ1n) is 9.13. The fourth-order valence-electron chi connectivity index (χ4n) is 3.48. The van der Waals surface area contributed by atoms with Crippen molar-refractivity contribution in [2.75, 3.05) is 46.3 Å². The molecule has 1 amide bonds. The first-order valence-corrected chi connectivity index (χ1v) is 9.13. The number of guanidine groups is 1. The van der Waals surface area contributed by atoms with Crippen LogP contribution in [0, 0.1) is 5.92 Å². The lowest BCUT2D eigenvalue weighted by Crippen LogP contribution is -2.45. The summed E-state index contributed by atoms with van der Waals surface area (Å²) >= 11 is 0. The molecular formula is C17H34IN5O. The van der Waals surface area contributed by atoms with Gasteiger partial charge in [-0.3, -0.25) is 9.79 Å². The van der Waals surface area contributed by atoms with E-state index in [0.717, 1.165) is 45.1 Å². The van der Waals surface area contributed by atoms with Gasteiger partial charge in [-0.05, 0) is 45.7 Å². The second-order valence-electron chi connectivity index (χ2n) is 6.81. The van der Waals surface area contributed by atoms with Crippen molar-refractivity contribution < 1.29 is 4.79 Å². The van der Waals surface area contributed by atoms with E-state index < -0.39 is 0 Å². The number of hydrogen-bond acceptors (Lipinski definition) is 3. The SMILES string of the molecule is CCNC(=NCC1CCCN(C)C1)NC1CCN(C(=O)CC)C1.I. The van der Waals surface area contributed by atoms with Crippen LogP contribution in [0.4, 0.5) is 0 Å². The van der Waals surface area contributed by atoms with Crippen molar-refractivity contribution in [3.05, 3.63) is 0 Å². The summed E-state index contributed by atoms with van der Waals surface area (Å²) in [6.45, 7) is 9.76. The van der Waals surface area contributed by atoms with Crippen LogP contribution < -0.4 is 10.6 Å². The predicted octanol–water partition coefficient (Wildman–Crippen LogP) is 1.51. The Labute approximate surface area is 163 Å². The highest BCUT2D eigenvalue weighted by molar-refractivity contribution is 14.0. The molecule has 0 aromatic heterocycles. The van der Waals surface area contributed by atoms with Crippen molar-refractivity contribution in [2.45, 2.75) is 45.6 Å². The van der Waals surface area contributed by atoms with Gasteiger partial charge in [0.15, 0.2) is 5.96 Å². The summed E-state index contributed by atoms with van der Waals surface area (Å²) in [5.74, 6) is 1.81. The maximum atomic E-state index is 11.8.